The summed E-state index contributed by atoms with van der Waals surface area (Å²) in [6.07, 6.45) is 3.47. The van der Waals surface area contributed by atoms with Gasteiger partial charge in [-0.25, -0.2) is 4.98 Å². The fraction of sp³-hybridized carbons (Fsp3) is 0. The van der Waals surface area contributed by atoms with Gasteiger partial charge in [-0.05, 0) is 46.9 Å². The van der Waals surface area contributed by atoms with E-state index in [0.29, 0.717) is 10.7 Å². The van der Waals surface area contributed by atoms with E-state index in [1.807, 2.05) is 35.7 Å². The monoisotopic (exact) mass is 407 g/mol. The number of carbonyl (C=O) groups is 1. The molecule has 21 heavy (non-hydrogen) atoms. The number of carbonyl (C=O) groups excluding carboxylic acids is 1. The smallest absolute Gasteiger partial charge is 0.258 e. The van der Waals surface area contributed by atoms with Crippen molar-refractivity contribution in [2.45, 2.75) is 0 Å². The third-order valence-corrected chi connectivity index (χ3v) is 4.50. The van der Waals surface area contributed by atoms with Crippen molar-refractivity contribution in [3.63, 3.8) is 0 Å². The van der Waals surface area contributed by atoms with E-state index in [1.54, 1.807) is 18.5 Å². The minimum Gasteiger partial charge on any atom is -0.298 e. The first kappa shape index (κ1) is 14.2. The molecule has 0 aliphatic heterocycles. The van der Waals surface area contributed by atoms with Crippen LogP contribution in [0, 0.1) is 3.57 Å². The molecule has 1 aromatic carbocycles. The van der Waals surface area contributed by atoms with E-state index in [0.717, 1.165) is 14.8 Å². The minimum atomic E-state index is -0.146. The number of pyridine rings is 1. The number of benzene rings is 1. The van der Waals surface area contributed by atoms with Crippen LogP contribution in [0.25, 0.3) is 11.3 Å². The van der Waals surface area contributed by atoms with E-state index >= 15 is 0 Å². The van der Waals surface area contributed by atoms with Crippen LogP contribution >= 0.6 is 33.9 Å². The van der Waals surface area contributed by atoms with E-state index in [4.69, 9.17) is 0 Å². The van der Waals surface area contributed by atoms with E-state index in [1.165, 1.54) is 11.3 Å². The second-order valence-electron chi connectivity index (χ2n) is 4.21. The summed E-state index contributed by atoms with van der Waals surface area (Å²) < 4.78 is 0.914. The van der Waals surface area contributed by atoms with Gasteiger partial charge in [0.25, 0.3) is 5.91 Å². The third-order valence-electron chi connectivity index (χ3n) is 2.80. The predicted octanol–water partition coefficient (Wildman–Crippen LogP) is 4.06. The SMILES string of the molecule is O=C(Nc1nc(-c2cccnc2)cs1)c1ccccc1I. The number of hydrogen-bond acceptors (Lipinski definition) is 4. The van der Waals surface area contributed by atoms with Gasteiger partial charge in [-0.3, -0.25) is 15.1 Å². The van der Waals surface area contributed by atoms with Crippen molar-refractivity contribution in [2.75, 3.05) is 5.32 Å². The van der Waals surface area contributed by atoms with Gasteiger partial charge >= 0.3 is 0 Å². The Morgan fingerprint density at radius 2 is 2.05 bits per heavy atom. The third kappa shape index (κ3) is 3.27. The number of anilines is 1. The minimum absolute atomic E-state index is 0.146. The van der Waals surface area contributed by atoms with Crippen LogP contribution in [0.1, 0.15) is 10.4 Å². The van der Waals surface area contributed by atoms with Gasteiger partial charge in [-0.1, -0.05) is 12.1 Å². The maximum absolute atomic E-state index is 12.2. The molecule has 0 spiro atoms. The summed E-state index contributed by atoms with van der Waals surface area (Å²) in [5.74, 6) is -0.146. The largest absolute Gasteiger partial charge is 0.298 e. The van der Waals surface area contributed by atoms with Gasteiger partial charge in [0.2, 0.25) is 0 Å². The number of halogens is 1. The number of aromatic nitrogens is 2. The van der Waals surface area contributed by atoms with Crippen LogP contribution < -0.4 is 5.32 Å². The van der Waals surface area contributed by atoms with Crippen LogP contribution in [0.5, 0.6) is 0 Å². The lowest BCUT2D eigenvalue weighted by Crippen LogP contribution is -2.13. The Hall–Kier alpha value is -1.80. The highest BCUT2D eigenvalue weighted by molar-refractivity contribution is 14.1. The molecule has 0 radical (unpaired) electrons. The molecule has 6 heteroatoms. The Kier molecular flexibility index (Phi) is 4.26. The van der Waals surface area contributed by atoms with Crippen molar-refractivity contribution in [3.8, 4) is 11.3 Å². The predicted molar refractivity (Wildman–Crippen MR) is 92.5 cm³/mol. The molecule has 0 saturated heterocycles. The molecule has 0 fully saturated rings. The maximum Gasteiger partial charge on any atom is 0.258 e. The first-order chi connectivity index (χ1) is 10.2. The second kappa shape index (κ2) is 6.31. The highest BCUT2D eigenvalue weighted by atomic mass is 127. The average molecular weight is 407 g/mol. The number of thiazole rings is 1. The topological polar surface area (TPSA) is 54.9 Å². The van der Waals surface area contributed by atoms with E-state index in [2.05, 4.69) is 37.9 Å². The highest BCUT2D eigenvalue weighted by Crippen LogP contribution is 2.24. The van der Waals surface area contributed by atoms with Gasteiger partial charge in [-0.2, -0.15) is 0 Å². The van der Waals surface area contributed by atoms with Crippen molar-refractivity contribution < 1.29 is 4.79 Å². The zero-order chi connectivity index (χ0) is 14.7. The molecule has 0 aliphatic rings. The summed E-state index contributed by atoms with van der Waals surface area (Å²) in [5, 5.41) is 5.32. The van der Waals surface area contributed by atoms with Gasteiger partial charge < -0.3 is 0 Å². The molecule has 0 unspecified atom stereocenters. The van der Waals surface area contributed by atoms with Crippen molar-refractivity contribution in [1.82, 2.24) is 9.97 Å². The fourth-order valence-corrected chi connectivity index (χ4v) is 3.13. The van der Waals surface area contributed by atoms with Crippen LogP contribution in [0.3, 0.4) is 0 Å². The first-order valence-corrected chi connectivity index (χ1v) is 8.11. The van der Waals surface area contributed by atoms with Crippen LogP contribution in [0.4, 0.5) is 5.13 Å². The van der Waals surface area contributed by atoms with Gasteiger partial charge in [0.1, 0.15) is 0 Å². The maximum atomic E-state index is 12.2. The molecule has 0 bridgehead atoms. The zero-order valence-electron chi connectivity index (χ0n) is 10.8. The molecule has 1 N–H and O–H groups in total. The van der Waals surface area contributed by atoms with Crippen molar-refractivity contribution >= 4 is 45.0 Å². The Morgan fingerprint density at radius 1 is 1.19 bits per heavy atom. The van der Waals surface area contributed by atoms with E-state index in [9.17, 15) is 4.79 Å². The number of hydrogen-bond donors (Lipinski definition) is 1. The van der Waals surface area contributed by atoms with Crippen molar-refractivity contribution in [1.29, 1.82) is 0 Å². The standard InChI is InChI=1S/C15H10IN3OS/c16-12-6-2-1-5-11(12)14(20)19-15-18-13(9-21-15)10-4-3-7-17-8-10/h1-9H,(H,18,19,20). The van der Waals surface area contributed by atoms with Gasteiger partial charge in [0.15, 0.2) is 5.13 Å². The zero-order valence-corrected chi connectivity index (χ0v) is 13.8. The van der Waals surface area contributed by atoms with E-state index < -0.39 is 0 Å². The molecule has 4 nitrogen and oxygen atoms in total. The number of rotatable bonds is 3. The summed E-state index contributed by atoms with van der Waals surface area (Å²) in [4.78, 5) is 20.7. The molecule has 104 valence electrons. The molecule has 0 atom stereocenters. The molecule has 1 amide bonds. The summed E-state index contributed by atoms with van der Waals surface area (Å²) >= 11 is 3.55. The van der Waals surface area contributed by atoms with Gasteiger partial charge in [0, 0.05) is 26.9 Å². The Bertz CT molecular complexity index is 773. The number of amides is 1. The Balaban J connectivity index is 1.79. The lowest BCUT2D eigenvalue weighted by Gasteiger charge is -2.03. The van der Waals surface area contributed by atoms with Gasteiger partial charge in [-0.15, -0.1) is 11.3 Å². The summed E-state index contributed by atoms with van der Waals surface area (Å²) in [7, 11) is 0. The molecule has 2 aromatic heterocycles. The molecule has 0 aliphatic carbocycles. The summed E-state index contributed by atoms with van der Waals surface area (Å²) in [6, 6.07) is 11.3. The van der Waals surface area contributed by atoms with Gasteiger partial charge in [0.05, 0.1) is 11.3 Å². The van der Waals surface area contributed by atoms with Crippen LogP contribution in [-0.4, -0.2) is 15.9 Å². The van der Waals surface area contributed by atoms with Crippen molar-refractivity contribution in [2.24, 2.45) is 0 Å². The van der Waals surface area contributed by atoms with Crippen LogP contribution in [0.15, 0.2) is 54.2 Å². The molecule has 3 rings (SSSR count). The molecular weight excluding hydrogens is 397 g/mol. The number of nitrogens with one attached hydrogen (secondary N) is 1. The average Bonchev–Trinajstić information content (AvgIpc) is 2.97. The van der Waals surface area contributed by atoms with Crippen molar-refractivity contribution in [3.05, 3.63) is 63.3 Å². The van der Waals surface area contributed by atoms with Crippen LogP contribution in [-0.2, 0) is 0 Å². The Morgan fingerprint density at radius 3 is 2.81 bits per heavy atom. The summed E-state index contributed by atoms with van der Waals surface area (Å²) in [5.41, 5.74) is 2.39. The normalized spacial score (nSPS) is 10.3. The molecular formula is C15H10IN3OS. The quantitative estimate of drug-likeness (QED) is 0.667. The number of nitrogens with zero attached hydrogens (tertiary/aromatic N) is 2. The lowest BCUT2D eigenvalue weighted by atomic mass is 10.2. The molecule has 0 saturated carbocycles. The lowest BCUT2D eigenvalue weighted by molar-refractivity contribution is 0.102. The summed E-state index contributed by atoms with van der Waals surface area (Å²) in [6.45, 7) is 0. The van der Waals surface area contributed by atoms with Crippen LogP contribution in [0.2, 0.25) is 0 Å². The highest BCUT2D eigenvalue weighted by Gasteiger charge is 2.12. The van der Waals surface area contributed by atoms with E-state index in [-0.39, 0.29) is 5.91 Å². The first-order valence-electron chi connectivity index (χ1n) is 6.16. The molecule has 2 heterocycles. The second-order valence-corrected chi connectivity index (χ2v) is 6.23. The Labute approximate surface area is 139 Å². The fourth-order valence-electron chi connectivity index (χ4n) is 1.79. The molecule has 3 aromatic rings.